The molecule has 1 fully saturated rings. The van der Waals surface area contributed by atoms with Gasteiger partial charge in [-0.2, -0.15) is 0 Å². The van der Waals surface area contributed by atoms with E-state index in [9.17, 15) is 9.90 Å². The molecule has 0 amide bonds. The first-order chi connectivity index (χ1) is 15.6. The van der Waals surface area contributed by atoms with E-state index in [-0.39, 0.29) is 17.7 Å². The van der Waals surface area contributed by atoms with E-state index < -0.39 is 5.97 Å². The monoisotopic (exact) mass is 432 g/mol. The smallest absolute Gasteiger partial charge is 0.335 e. The molecule has 6 nitrogen and oxygen atoms in total. The number of nitrogens with one attached hydrogen (secondary N) is 1. The lowest BCUT2D eigenvalue weighted by molar-refractivity contribution is 0.0697. The van der Waals surface area contributed by atoms with Crippen molar-refractivity contribution in [1.29, 1.82) is 0 Å². The van der Waals surface area contributed by atoms with Crippen molar-refractivity contribution in [1.82, 2.24) is 4.98 Å². The van der Waals surface area contributed by atoms with Gasteiger partial charge in [-0.1, -0.05) is 18.2 Å². The molecule has 0 bridgehead atoms. The van der Waals surface area contributed by atoms with Crippen LogP contribution in [0.15, 0.2) is 60.9 Å². The van der Waals surface area contributed by atoms with Gasteiger partial charge in [0, 0.05) is 23.6 Å². The molecule has 1 atom stereocenters. The molecular formula is C26H28N2O4. The van der Waals surface area contributed by atoms with Crippen LogP contribution >= 0.6 is 0 Å². The highest BCUT2D eigenvalue weighted by molar-refractivity contribution is 5.88. The van der Waals surface area contributed by atoms with E-state index >= 15 is 0 Å². The van der Waals surface area contributed by atoms with Crippen LogP contribution in [0.1, 0.15) is 58.8 Å². The lowest BCUT2D eigenvalue weighted by atomic mass is 9.94. The number of carboxylic acid groups (broad SMARTS) is 1. The zero-order valence-corrected chi connectivity index (χ0v) is 18.4. The molecule has 4 rings (SSSR count). The number of aromatic nitrogens is 1. The average Bonchev–Trinajstić information content (AvgIpc) is 3.33. The first kappa shape index (κ1) is 21.7. The summed E-state index contributed by atoms with van der Waals surface area (Å²) in [6, 6.07) is 14.4. The van der Waals surface area contributed by atoms with E-state index in [0.717, 1.165) is 41.0 Å². The molecule has 6 heteroatoms. The van der Waals surface area contributed by atoms with Crippen molar-refractivity contribution in [2.45, 2.75) is 44.8 Å². The van der Waals surface area contributed by atoms with Gasteiger partial charge in [0.15, 0.2) is 11.5 Å². The second-order valence-corrected chi connectivity index (χ2v) is 8.09. The number of aromatic carboxylic acids is 1. The molecule has 166 valence electrons. The summed E-state index contributed by atoms with van der Waals surface area (Å²) in [7, 11) is 1.66. The third-order valence-corrected chi connectivity index (χ3v) is 5.97. The predicted octanol–water partition coefficient (Wildman–Crippen LogP) is 5.62. The predicted molar refractivity (Wildman–Crippen MR) is 124 cm³/mol. The van der Waals surface area contributed by atoms with Crippen LogP contribution in [0.4, 0.5) is 5.69 Å². The zero-order chi connectivity index (χ0) is 22.5. The first-order valence-corrected chi connectivity index (χ1v) is 10.9. The van der Waals surface area contributed by atoms with Gasteiger partial charge < -0.3 is 19.9 Å². The lowest BCUT2D eigenvalue weighted by Gasteiger charge is -2.26. The summed E-state index contributed by atoms with van der Waals surface area (Å²) in [6.45, 7) is 2.04. The molecule has 0 saturated heterocycles. The topological polar surface area (TPSA) is 80.7 Å². The summed E-state index contributed by atoms with van der Waals surface area (Å²) in [6.07, 6.45) is 8.24. The summed E-state index contributed by atoms with van der Waals surface area (Å²) >= 11 is 0. The van der Waals surface area contributed by atoms with Gasteiger partial charge in [-0.25, -0.2) is 4.79 Å². The molecule has 1 aliphatic carbocycles. The van der Waals surface area contributed by atoms with Crippen LogP contribution in [0, 0.1) is 6.92 Å². The Kier molecular flexibility index (Phi) is 6.59. The van der Waals surface area contributed by atoms with Crippen LogP contribution in [-0.4, -0.2) is 29.3 Å². The molecular weight excluding hydrogens is 404 g/mol. The fourth-order valence-corrected chi connectivity index (χ4v) is 4.27. The maximum absolute atomic E-state index is 11.4. The lowest BCUT2D eigenvalue weighted by Crippen LogP contribution is -2.17. The van der Waals surface area contributed by atoms with Crippen LogP contribution in [-0.2, 0) is 0 Å². The van der Waals surface area contributed by atoms with Gasteiger partial charge >= 0.3 is 5.97 Å². The van der Waals surface area contributed by atoms with Crippen LogP contribution in [0.2, 0.25) is 0 Å². The van der Waals surface area contributed by atoms with Gasteiger partial charge in [0.1, 0.15) is 0 Å². The minimum atomic E-state index is -0.959. The normalized spacial score (nSPS) is 14.7. The second-order valence-electron chi connectivity index (χ2n) is 8.09. The Labute approximate surface area is 188 Å². The highest BCUT2D eigenvalue weighted by Crippen LogP contribution is 2.40. The molecule has 0 aliphatic heterocycles. The summed E-state index contributed by atoms with van der Waals surface area (Å²) in [5, 5.41) is 12.9. The van der Waals surface area contributed by atoms with Crippen molar-refractivity contribution in [2.75, 3.05) is 12.4 Å². The Bertz CT molecular complexity index is 1080. The Morgan fingerprint density at radius 2 is 1.97 bits per heavy atom. The fraction of sp³-hybridized carbons (Fsp3) is 0.308. The van der Waals surface area contributed by atoms with E-state index in [4.69, 9.17) is 9.47 Å². The standard InChI is InChI=1S/C26H28N2O4/c1-17-22(12-13-23(31-2)25(17)32-21-10-3-4-11-21)24(19-8-6-14-27-16-19)28-20-9-5-7-18(15-20)26(29)30/h5-9,12-16,21,24,28H,3-4,10-11H2,1-2H3,(H,29,30)/t24-/m1/s1. The van der Waals surface area contributed by atoms with Crippen LogP contribution in [0.3, 0.4) is 0 Å². The quantitative estimate of drug-likeness (QED) is 0.481. The highest BCUT2D eigenvalue weighted by atomic mass is 16.5. The van der Waals surface area contributed by atoms with Crippen LogP contribution in [0.5, 0.6) is 11.5 Å². The van der Waals surface area contributed by atoms with E-state index in [1.54, 1.807) is 31.5 Å². The van der Waals surface area contributed by atoms with Crippen LogP contribution in [0.25, 0.3) is 0 Å². The molecule has 1 saturated carbocycles. The molecule has 2 N–H and O–H groups in total. The van der Waals surface area contributed by atoms with Crippen molar-refractivity contribution < 1.29 is 19.4 Å². The highest BCUT2D eigenvalue weighted by Gasteiger charge is 2.24. The number of rotatable bonds is 8. The molecule has 0 unspecified atom stereocenters. The molecule has 0 spiro atoms. The fourth-order valence-electron chi connectivity index (χ4n) is 4.27. The van der Waals surface area contributed by atoms with Gasteiger partial charge in [0.2, 0.25) is 0 Å². The molecule has 2 aromatic carbocycles. The van der Waals surface area contributed by atoms with Crippen molar-refractivity contribution in [3.63, 3.8) is 0 Å². The number of methoxy groups -OCH3 is 1. The second kappa shape index (κ2) is 9.73. The van der Waals surface area contributed by atoms with Gasteiger partial charge in [0.05, 0.1) is 24.8 Å². The SMILES string of the molecule is COc1ccc([C@H](Nc2cccc(C(=O)O)c2)c2cccnc2)c(C)c1OC1CCCC1. The summed E-state index contributed by atoms with van der Waals surface area (Å²) in [5.41, 5.74) is 3.93. The zero-order valence-electron chi connectivity index (χ0n) is 18.4. The number of carbonyl (C=O) groups is 1. The van der Waals surface area contributed by atoms with Gasteiger partial charge in [-0.05, 0) is 74.1 Å². The molecule has 0 radical (unpaired) electrons. The van der Waals surface area contributed by atoms with Crippen molar-refractivity contribution in [2.24, 2.45) is 0 Å². The third kappa shape index (κ3) is 4.69. The molecule has 3 aromatic rings. The van der Waals surface area contributed by atoms with Crippen molar-refractivity contribution in [3.8, 4) is 11.5 Å². The number of benzene rings is 2. The Morgan fingerprint density at radius 1 is 1.16 bits per heavy atom. The van der Waals surface area contributed by atoms with E-state index in [1.165, 1.54) is 12.8 Å². The Balaban J connectivity index is 1.76. The first-order valence-electron chi connectivity index (χ1n) is 10.9. The van der Waals surface area contributed by atoms with E-state index in [2.05, 4.69) is 10.3 Å². The molecule has 1 heterocycles. The minimum absolute atomic E-state index is 0.204. The van der Waals surface area contributed by atoms with Crippen LogP contribution < -0.4 is 14.8 Å². The largest absolute Gasteiger partial charge is 0.493 e. The number of ether oxygens (including phenoxy) is 2. The number of nitrogens with zero attached hydrogens (tertiary/aromatic N) is 1. The van der Waals surface area contributed by atoms with Gasteiger partial charge in [-0.15, -0.1) is 0 Å². The summed E-state index contributed by atoms with van der Waals surface area (Å²) < 4.78 is 12.0. The molecule has 32 heavy (non-hydrogen) atoms. The van der Waals surface area contributed by atoms with Crippen molar-refractivity contribution in [3.05, 3.63) is 83.2 Å². The molecule has 1 aromatic heterocycles. The minimum Gasteiger partial charge on any atom is -0.493 e. The van der Waals surface area contributed by atoms with Gasteiger partial charge in [-0.3, -0.25) is 4.98 Å². The Morgan fingerprint density at radius 3 is 2.66 bits per heavy atom. The summed E-state index contributed by atoms with van der Waals surface area (Å²) in [5.74, 6) is 0.530. The average molecular weight is 433 g/mol. The molecule has 1 aliphatic rings. The van der Waals surface area contributed by atoms with E-state index in [0.29, 0.717) is 5.69 Å². The number of pyridine rings is 1. The number of anilines is 1. The van der Waals surface area contributed by atoms with Crippen molar-refractivity contribution >= 4 is 11.7 Å². The number of carboxylic acids is 1. The maximum atomic E-state index is 11.4. The number of hydrogen-bond acceptors (Lipinski definition) is 5. The third-order valence-electron chi connectivity index (χ3n) is 5.97. The van der Waals surface area contributed by atoms with E-state index in [1.807, 2.05) is 43.5 Å². The summed E-state index contributed by atoms with van der Waals surface area (Å²) in [4.78, 5) is 15.7. The Hall–Kier alpha value is -3.54. The maximum Gasteiger partial charge on any atom is 0.335 e. The number of hydrogen-bond donors (Lipinski definition) is 2. The van der Waals surface area contributed by atoms with Gasteiger partial charge in [0.25, 0.3) is 0 Å².